The van der Waals surface area contributed by atoms with Crippen molar-refractivity contribution >= 4 is 5.97 Å². The second-order valence-corrected chi connectivity index (χ2v) is 2.87. The van der Waals surface area contributed by atoms with Gasteiger partial charge in [-0.05, 0) is 6.92 Å². The van der Waals surface area contributed by atoms with Crippen molar-refractivity contribution in [3.05, 3.63) is 23.8 Å². The first-order valence-electron chi connectivity index (χ1n) is 4.03. The third-order valence-electron chi connectivity index (χ3n) is 1.78. The van der Waals surface area contributed by atoms with E-state index in [0.29, 0.717) is 0 Å². The summed E-state index contributed by atoms with van der Waals surface area (Å²) in [4.78, 5) is 15.1. The third-order valence-corrected chi connectivity index (χ3v) is 1.78. The number of nitrogens with zero attached hydrogens (tertiary/aromatic N) is 2. The molecule has 0 bridgehead atoms. The predicted octanol–water partition coefficient (Wildman–Crippen LogP) is -2.84. The van der Waals surface area contributed by atoms with Crippen LogP contribution in [-0.2, 0) is 16.1 Å². The summed E-state index contributed by atoms with van der Waals surface area (Å²) in [6.07, 6.45) is 3.56. The number of carbonyl (C=O) groups excluding carboxylic acids is 1. The standard InChI is InChI=1S/C9H13N2O2.BrH/c1-7-5-11(6-9(12)13-3)8(2)4-10-7;/h4-5H,6H2,1-3H3;1H/q+1;/p-1. The number of hydrogen-bond acceptors (Lipinski definition) is 3. The van der Waals surface area contributed by atoms with Gasteiger partial charge in [0.15, 0.2) is 11.9 Å². The van der Waals surface area contributed by atoms with Gasteiger partial charge < -0.3 is 21.7 Å². The second kappa shape index (κ2) is 5.70. The van der Waals surface area contributed by atoms with E-state index in [1.54, 1.807) is 6.20 Å². The van der Waals surface area contributed by atoms with E-state index in [4.69, 9.17) is 0 Å². The summed E-state index contributed by atoms with van der Waals surface area (Å²) in [5.74, 6) is -0.251. The summed E-state index contributed by atoms with van der Waals surface area (Å²) in [7, 11) is 1.38. The van der Waals surface area contributed by atoms with Crippen molar-refractivity contribution in [3.8, 4) is 0 Å². The quantitative estimate of drug-likeness (QED) is 0.425. The molecule has 0 fully saturated rings. The minimum absolute atomic E-state index is 0. The molecule has 0 aromatic carbocycles. The lowest BCUT2D eigenvalue weighted by molar-refractivity contribution is -0.692. The molecular formula is C9H13BrN2O2. The van der Waals surface area contributed by atoms with E-state index in [1.165, 1.54) is 7.11 Å². The van der Waals surface area contributed by atoms with E-state index in [2.05, 4.69) is 9.72 Å². The first-order valence-corrected chi connectivity index (χ1v) is 4.03. The lowest BCUT2D eigenvalue weighted by Crippen LogP contribution is -3.00. The highest BCUT2D eigenvalue weighted by atomic mass is 79.9. The molecule has 1 rings (SSSR count). The molecule has 0 aliphatic rings. The number of carbonyl (C=O) groups is 1. The molecule has 1 aromatic heterocycles. The van der Waals surface area contributed by atoms with Crippen LogP contribution in [-0.4, -0.2) is 18.1 Å². The fraction of sp³-hybridized carbons (Fsp3) is 0.444. The van der Waals surface area contributed by atoms with Crippen molar-refractivity contribution in [1.82, 2.24) is 4.98 Å². The van der Waals surface area contributed by atoms with Crippen LogP contribution in [0, 0.1) is 13.8 Å². The van der Waals surface area contributed by atoms with E-state index >= 15 is 0 Å². The van der Waals surface area contributed by atoms with Crippen molar-refractivity contribution in [2.24, 2.45) is 0 Å². The maximum Gasteiger partial charge on any atom is 0.372 e. The van der Waals surface area contributed by atoms with Crippen LogP contribution in [0.4, 0.5) is 0 Å². The first-order chi connectivity index (χ1) is 6.13. The number of ether oxygens (including phenoxy) is 1. The van der Waals surface area contributed by atoms with Gasteiger partial charge in [-0.2, -0.15) is 4.57 Å². The van der Waals surface area contributed by atoms with Crippen LogP contribution in [0.3, 0.4) is 0 Å². The zero-order chi connectivity index (χ0) is 9.84. The molecule has 0 radical (unpaired) electrons. The van der Waals surface area contributed by atoms with Crippen molar-refractivity contribution in [2.75, 3.05) is 7.11 Å². The van der Waals surface area contributed by atoms with Gasteiger partial charge in [-0.25, -0.2) is 9.78 Å². The summed E-state index contributed by atoms with van der Waals surface area (Å²) in [5.41, 5.74) is 1.82. The zero-order valence-corrected chi connectivity index (χ0v) is 10.0. The van der Waals surface area contributed by atoms with E-state index in [9.17, 15) is 4.79 Å². The molecule has 4 nitrogen and oxygen atoms in total. The molecule has 0 spiro atoms. The zero-order valence-electron chi connectivity index (χ0n) is 8.45. The summed E-state index contributed by atoms with van der Waals surface area (Å²) in [6.45, 7) is 4.02. The molecule has 0 amide bonds. The Labute approximate surface area is 93.7 Å². The Hall–Kier alpha value is -0.970. The number of aryl methyl sites for hydroxylation is 2. The molecule has 14 heavy (non-hydrogen) atoms. The molecule has 0 aliphatic carbocycles. The molecule has 0 atom stereocenters. The Bertz CT molecular complexity index is 329. The topological polar surface area (TPSA) is 43.1 Å². The number of aromatic nitrogens is 2. The van der Waals surface area contributed by atoms with E-state index in [-0.39, 0.29) is 29.5 Å². The van der Waals surface area contributed by atoms with E-state index < -0.39 is 0 Å². The van der Waals surface area contributed by atoms with Gasteiger partial charge in [0.05, 0.1) is 13.3 Å². The van der Waals surface area contributed by atoms with Gasteiger partial charge in [0.25, 0.3) is 0 Å². The number of halogens is 1. The van der Waals surface area contributed by atoms with Crippen molar-refractivity contribution in [2.45, 2.75) is 20.4 Å². The molecule has 0 unspecified atom stereocenters. The summed E-state index contributed by atoms with van der Waals surface area (Å²) >= 11 is 0. The average Bonchev–Trinajstić information content (AvgIpc) is 2.11. The van der Waals surface area contributed by atoms with Gasteiger partial charge in [-0.15, -0.1) is 0 Å². The van der Waals surface area contributed by atoms with Crippen molar-refractivity contribution in [3.63, 3.8) is 0 Å². The van der Waals surface area contributed by atoms with Crippen LogP contribution in [0.5, 0.6) is 0 Å². The monoisotopic (exact) mass is 260 g/mol. The van der Waals surface area contributed by atoms with Crippen LogP contribution in [0.15, 0.2) is 12.4 Å². The summed E-state index contributed by atoms with van der Waals surface area (Å²) < 4.78 is 6.38. The Morgan fingerprint density at radius 2 is 2.21 bits per heavy atom. The number of esters is 1. The van der Waals surface area contributed by atoms with Crippen molar-refractivity contribution < 1.29 is 31.1 Å². The minimum atomic E-state index is -0.251. The Balaban J connectivity index is 0.00000169. The number of rotatable bonds is 2. The lowest BCUT2D eigenvalue weighted by Gasteiger charge is -1.99. The normalized spacial score (nSPS) is 9.07. The molecule has 0 aliphatic heterocycles. The van der Waals surface area contributed by atoms with Crippen LogP contribution >= 0.6 is 0 Å². The molecule has 1 aromatic rings. The fourth-order valence-corrected chi connectivity index (χ4v) is 1.00. The second-order valence-electron chi connectivity index (χ2n) is 2.87. The highest BCUT2D eigenvalue weighted by Crippen LogP contribution is 1.90. The van der Waals surface area contributed by atoms with E-state index in [1.807, 2.05) is 24.6 Å². The average molecular weight is 261 g/mol. The highest BCUT2D eigenvalue weighted by molar-refractivity contribution is 5.67. The van der Waals surface area contributed by atoms with Crippen LogP contribution in [0.1, 0.15) is 11.4 Å². The van der Waals surface area contributed by atoms with Crippen molar-refractivity contribution in [1.29, 1.82) is 0 Å². The van der Waals surface area contributed by atoms with Gasteiger partial charge in [0, 0.05) is 6.92 Å². The maximum atomic E-state index is 11.0. The molecule has 0 saturated heterocycles. The van der Waals surface area contributed by atoms with Crippen LogP contribution in [0.2, 0.25) is 0 Å². The summed E-state index contributed by atoms with van der Waals surface area (Å²) in [6, 6.07) is 0. The molecule has 0 saturated carbocycles. The number of hydrogen-bond donors (Lipinski definition) is 0. The van der Waals surface area contributed by atoms with Gasteiger partial charge in [0.2, 0.25) is 6.54 Å². The maximum absolute atomic E-state index is 11.0. The van der Waals surface area contributed by atoms with Gasteiger partial charge in [-0.1, -0.05) is 0 Å². The Morgan fingerprint density at radius 3 is 2.79 bits per heavy atom. The first kappa shape index (κ1) is 13.0. The smallest absolute Gasteiger partial charge is 0.372 e. The predicted molar refractivity (Wildman–Crippen MR) is 45.9 cm³/mol. The lowest BCUT2D eigenvalue weighted by atomic mass is 10.4. The molecular weight excluding hydrogens is 248 g/mol. The SMILES string of the molecule is COC(=O)C[n+]1cc(C)ncc1C.[Br-]. The third kappa shape index (κ3) is 3.41. The summed E-state index contributed by atoms with van der Waals surface area (Å²) in [5, 5.41) is 0. The Kier molecular flexibility index (Phi) is 5.30. The fourth-order valence-electron chi connectivity index (χ4n) is 1.00. The van der Waals surface area contributed by atoms with Gasteiger partial charge in [-0.3, -0.25) is 0 Å². The largest absolute Gasteiger partial charge is 1.00 e. The van der Waals surface area contributed by atoms with Crippen LogP contribution in [0.25, 0.3) is 0 Å². The minimum Gasteiger partial charge on any atom is -1.00 e. The molecule has 78 valence electrons. The van der Waals surface area contributed by atoms with Gasteiger partial charge in [0.1, 0.15) is 5.69 Å². The highest BCUT2D eigenvalue weighted by Gasteiger charge is 2.12. The molecule has 5 heteroatoms. The Morgan fingerprint density at radius 1 is 1.57 bits per heavy atom. The molecule has 0 N–H and O–H groups in total. The molecule has 1 heterocycles. The van der Waals surface area contributed by atoms with E-state index in [0.717, 1.165) is 11.4 Å². The van der Waals surface area contributed by atoms with Gasteiger partial charge >= 0.3 is 5.97 Å². The number of methoxy groups -OCH3 is 1. The van der Waals surface area contributed by atoms with Crippen LogP contribution < -0.4 is 21.5 Å².